The summed E-state index contributed by atoms with van der Waals surface area (Å²) in [5.74, 6) is 2.21. The molecule has 0 bridgehead atoms. The average molecular weight is 567 g/mol. The van der Waals surface area contributed by atoms with Gasteiger partial charge in [0.2, 0.25) is 0 Å². The van der Waals surface area contributed by atoms with Crippen molar-refractivity contribution < 1.29 is 18.2 Å². The molecule has 7 nitrogen and oxygen atoms in total. The highest BCUT2D eigenvalue weighted by atomic mass is 35.5. The molecule has 2 aliphatic rings. The number of terminal acetylenes is 1. The number of nitrogens with zero attached hydrogens (tertiary/aromatic N) is 3. The number of ether oxygens (including phenoxy) is 1. The minimum atomic E-state index is -0.491. The van der Waals surface area contributed by atoms with Crippen LogP contribution >= 0.6 is 11.9 Å². The molecule has 3 aromatic rings. The number of carbonyl (C=O) groups is 1. The fourth-order valence-electron chi connectivity index (χ4n) is 4.55. The van der Waals surface area contributed by atoms with Crippen LogP contribution in [0.2, 0.25) is 0 Å². The first-order valence-electron chi connectivity index (χ1n) is 13.5. The summed E-state index contributed by atoms with van der Waals surface area (Å²) in [6.07, 6.45) is 12.4. The van der Waals surface area contributed by atoms with Gasteiger partial charge in [-0.1, -0.05) is 20.3 Å². The number of hydrogen-bond donors (Lipinski definition) is 1. The van der Waals surface area contributed by atoms with Crippen LogP contribution in [0, 0.1) is 25.1 Å². The van der Waals surface area contributed by atoms with Crippen LogP contribution in [-0.4, -0.2) is 49.3 Å². The number of benzene rings is 1. The molecular weight excluding hydrogens is 531 g/mol. The summed E-state index contributed by atoms with van der Waals surface area (Å²) >= 11 is 4.50. The second-order valence-corrected chi connectivity index (χ2v) is 9.50. The molecule has 0 radical (unpaired) electrons. The van der Waals surface area contributed by atoms with Gasteiger partial charge in [-0.05, 0) is 67.1 Å². The van der Waals surface area contributed by atoms with Crippen molar-refractivity contribution in [2.24, 2.45) is 0 Å². The van der Waals surface area contributed by atoms with E-state index in [9.17, 15) is 9.18 Å². The maximum absolute atomic E-state index is 14.9. The van der Waals surface area contributed by atoms with Gasteiger partial charge in [0, 0.05) is 48.2 Å². The second kappa shape index (κ2) is 15.3. The topological polar surface area (TPSA) is 76.6 Å². The first-order chi connectivity index (χ1) is 19.4. The van der Waals surface area contributed by atoms with E-state index < -0.39 is 5.82 Å². The minimum Gasteiger partial charge on any atom is -0.378 e. The summed E-state index contributed by atoms with van der Waals surface area (Å²) in [7, 11) is 1.39. The SMILES string of the molecule is C#Cc1ncc(-c2cc(NC(=O)c3ccnc(C4CCC4)c3)c(F)cc2C)cc1N1CCOCC1.CC.COCl. The Morgan fingerprint density at radius 2 is 1.90 bits per heavy atom. The maximum Gasteiger partial charge on any atom is 0.255 e. The van der Waals surface area contributed by atoms with Crippen LogP contribution in [0.5, 0.6) is 0 Å². The molecule has 1 aliphatic carbocycles. The number of amides is 1. The molecule has 1 N–H and O–H groups in total. The molecule has 0 spiro atoms. The molecule has 2 aromatic heterocycles. The summed E-state index contributed by atoms with van der Waals surface area (Å²) in [5.41, 5.74) is 5.23. The van der Waals surface area contributed by atoms with Crippen molar-refractivity contribution in [2.45, 2.75) is 46.0 Å². The summed E-state index contributed by atoms with van der Waals surface area (Å²) in [6, 6.07) is 8.53. The molecule has 40 heavy (non-hydrogen) atoms. The number of pyridine rings is 2. The van der Waals surface area contributed by atoms with E-state index in [4.69, 9.17) is 11.2 Å². The predicted molar refractivity (Wildman–Crippen MR) is 158 cm³/mol. The van der Waals surface area contributed by atoms with Gasteiger partial charge in [-0.3, -0.25) is 14.1 Å². The Morgan fingerprint density at radius 1 is 1.20 bits per heavy atom. The van der Waals surface area contributed by atoms with Crippen LogP contribution in [0.15, 0.2) is 42.7 Å². The highest BCUT2D eigenvalue weighted by molar-refractivity contribution is 6.07. The third-order valence-corrected chi connectivity index (χ3v) is 6.80. The number of halogens is 2. The zero-order chi connectivity index (χ0) is 29.1. The van der Waals surface area contributed by atoms with E-state index in [2.05, 4.69) is 42.3 Å². The van der Waals surface area contributed by atoms with Crippen molar-refractivity contribution >= 4 is 29.1 Å². The molecule has 1 saturated heterocycles. The molecule has 5 rings (SSSR count). The largest absolute Gasteiger partial charge is 0.378 e. The van der Waals surface area contributed by atoms with Crippen LogP contribution in [0.1, 0.15) is 66.3 Å². The number of hydrogen-bond acceptors (Lipinski definition) is 6. The lowest BCUT2D eigenvalue weighted by Crippen LogP contribution is -2.36. The van der Waals surface area contributed by atoms with Crippen molar-refractivity contribution in [1.29, 1.82) is 0 Å². The van der Waals surface area contributed by atoms with Crippen molar-refractivity contribution in [3.05, 3.63) is 71.1 Å². The lowest BCUT2D eigenvalue weighted by atomic mass is 9.82. The third kappa shape index (κ3) is 7.57. The summed E-state index contributed by atoms with van der Waals surface area (Å²) in [4.78, 5) is 24.0. The van der Waals surface area contributed by atoms with E-state index in [1.807, 2.05) is 32.9 Å². The zero-order valence-corrected chi connectivity index (χ0v) is 24.2. The van der Waals surface area contributed by atoms with E-state index >= 15 is 0 Å². The number of morpholine rings is 1. The molecule has 0 atom stereocenters. The molecule has 1 amide bonds. The highest BCUT2D eigenvalue weighted by Crippen LogP contribution is 2.36. The molecule has 3 heterocycles. The Labute approximate surface area is 241 Å². The van der Waals surface area contributed by atoms with Crippen LogP contribution in [0.3, 0.4) is 0 Å². The normalized spacial score (nSPS) is 14.5. The summed E-state index contributed by atoms with van der Waals surface area (Å²) in [5, 5.41) is 2.75. The van der Waals surface area contributed by atoms with Gasteiger partial charge in [0.05, 0.1) is 43.6 Å². The summed E-state index contributed by atoms with van der Waals surface area (Å²) in [6.45, 7) is 8.52. The standard InChI is InChI=1S/C28H27FN4O2.C2H6.CH3ClO/c1-3-24-27(33-9-11-35-12-10-33)15-21(17-31-24)22-16-26(23(29)13-18(22)2)32-28(34)20-7-8-30-25(14-20)19-5-4-6-19;1-2;1-3-2/h1,7-8,13-17,19H,4-6,9-12H2,2H3,(H,32,34);1-2H3;1H3. The number of nitrogens with one attached hydrogen (secondary N) is 1. The van der Waals surface area contributed by atoms with E-state index in [1.54, 1.807) is 24.5 Å². The second-order valence-electron chi connectivity index (χ2n) is 9.19. The van der Waals surface area contributed by atoms with E-state index in [-0.39, 0.29) is 11.6 Å². The highest BCUT2D eigenvalue weighted by Gasteiger charge is 2.22. The van der Waals surface area contributed by atoms with E-state index in [1.165, 1.54) is 19.6 Å². The van der Waals surface area contributed by atoms with Crippen molar-refractivity contribution in [2.75, 3.05) is 43.6 Å². The molecule has 1 saturated carbocycles. The lowest BCUT2D eigenvalue weighted by Gasteiger charge is -2.29. The van der Waals surface area contributed by atoms with Crippen molar-refractivity contribution in [3.8, 4) is 23.5 Å². The molecule has 9 heteroatoms. The number of aryl methyl sites for hydroxylation is 1. The van der Waals surface area contributed by atoms with Crippen LogP contribution in [0.25, 0.3) is 11.1 Å². The van der Waals surface area contributed by atoms with Gasteiger partial charge in [-0.25, -0.2) is 9.37 Å². The maximum atomic E-state index is 14.9. The zero-order valence-electron chi connectivity index (χ0n) is 23.5. The molecular formula is C31H36ClFN4O3. The van der Waals surface area contributed by atoms with Gasteiger partial charge in [-0.2, -0.15) is 0 Å². The first kappa shape index (κ1) is 31.0. The van der Waals surface area contributed by atoms with Crippen LogP contribution < -0.4 is 10.2 Å². The van der Waals surface area contributed by atoms with E-state index in [0.29, 0.717) is 30.4 Å². The van der Waals surface area contributed by atoms with Gasteiger partial charge in [0.25, 0.3) is 5.91 Å². The first-order valence-corrected chi connectivity index (χ1v) is 13.8. The Morgan fingerprint density at radius 3 is 2.52 bits per heavy atom. The van der Waals surface area contributed by atoms with Gasteiger partial charge >= 0.3 is 0 Å². The van der Waals surface area contributed by atoms with E-state index in [0.717, 1.165) is 54.0 Å². The molecule has 1 aromatic carbocycles. The van der Waals surface area contributed by atoms with Crippen LogP contribution in [0.4, 0.5) is 15.8 Å². The molecule has 2 fully saturated rings. The number of anilines is 2. The Kier molecular flexibility index (Phi) is 11.9. The lowest BCUT2D eigenvalue weighted by molar-refractivity contribution is 0.102. The fraction of sp³-hybridized carbons (Fsp3) is 0.387. The summed E-state index contributed by atoms with van der Waals surface area (Å²) < 4.78 is 24.1. The number of aromatic nitrogens is 2. The van der Waals surface area contributed by atoms with Crippen molar-refractivity contribution in [1.82, 2.24) is 9.97 Å². The third-order valence-electron chi connectivity index (χ3n) is 6.80. The Hall–Kier alpha value is -3.51. The smallest absolute Gasteiger partial charge is 0.255 e. The van der Waals surface area contributed by atoms with Gasteiger partial charge in [0.1, 0.15) is 11.5 Å². The van der Waals surface area contributed by atoms with Gasteiger partial charge < -0.3 is 15.0 Å². The van der Waals surface area contributed by atoms with Crippen molar-refractivity contribution in [3.63, 3.8) is 0 Å². The number of rotatable bonds is 5. The number of carbonyl (C=O) groups excluding carboxylic acids is 1. The Bertz CT molecular complexity index is 1330. The minimum absolute atomic E-state index is 0.117. The average Bonchev–Trinajstić information content (AvgIpc) is 2.95. The molecule has 212 valence electrons. The van der Waals surface area contributed by atoms with Crippen LogP contribution in [-0.2, 0) is 9.03 Å². The fourth-order valence-corrected chi connectivity index (χ4v) is 4.55. The van der Waals surface area contributed by atoms with Gasteiger partial charge in [0.15, 0.2) is 0 Å². The monoisotopic (exact) mass is 566 g/mol. The van der Waals surface area contributed by atoms with Gasteiger partial charge in [-0.15, -0.1) is 6.42 Å². The predicted octanol–water partition coefficient (Wildman–Crippen LogP) is 6.74. The molecule has 0 unspecified atom stereocenters. The Balaban J connectivity index is 0.000000827. The molecule has 1 aliphatic heterocycles. The quantitative estimate of drug-likeness (QED) is 0.345.